The number of methoxy groups -OCH3 is 2. The van der Waals surface area contributed by atoms with E-state index in [0.29, 0.717) is 23.6 Å². The zero-order chi connectivity index (χ0) is 17.7. The third-order valence-corrected chi connectivity index (χ3v) is 5.28. The fraction of sp³-hybridized carbons (Fsp3) is 0.471. The molecule has 1 aliphatic heterocycles. The van der Waals surface area contributed by atoms with Crippen molar-refractivity contribution in [2.24, 2.45) is 0 Å². The molecule has 0 aromatic heterocycles. The van der Waals surface area contributed by atoms with Crippen molar-refractivity contribution >= 4 is 21.4 Å². The molecule has 0 aliphatic carbocycles. The highest BCUT2D eigenvalue weighted by Crippen LogP contribution is 2.35. The fourth-order valence-corrected chi connectivity index (χ4v) is 3.92. The summed E-state index contributed by atoms with van der Waals surface area (Å²) in [4.78, 5) is 14.3. The Morgan fingerprint density at radius 1 is 1.29 bits per heavy atom. The number of carbonyl (C=O) groups is 1. The van der Waals surface area contributed by atoms with Gasteiger partial charge in [0.2, 0.25) is 5.91 Å². The SMILES string of the molecule is CCCCC(=O)N(c1ccc(OC)cc1OC)[C@H]1C=CS(=O)(=O)C1. The zero-order valence-corrected chi connectivity index (χ0v) is 15.0. The number of ether oxygens (including phenoxy) is 2. The van der Waals surface area contributed by atoms with Crippen LogP contribution >= 0.6 is 0 Å². The van der Waals surface area contributed by atoms with E-state index in [1.165, 1.54) is 17.4 Å². The lowest BCUT2D eigenvalue weighted by Crippen LogP contribution is -2.41. The first-order valence-corrected chi connectivity index (χ1v) is 9.58. The number of hydrogen-bond donors (Lipinski definition) is 0. The van der Waals surface area contributed by atoms with E-state index >= 15 is 0 Å². The number of nitrogens with zero attached hydrogens (tertiary/aromatic N) is 1. The molecule has 1 amide bonds. The predicted molar refractivity (Wildman–Crippen MR) is 93.3 cm³/mol. The van der Waals surface area contributed by atoms with E-state index in [0.717, 1.165) is 12.8 Å². The number of hydrogen-bond acceptors (Lipinski definition) is 5. The number of anilines is 1. The third-order valence-electron chi connectivity index (χ3n) is 3.90. The molecule has 0 radical (unpaired) electrons. The van der Waals surface area contributed by atoms with Crippen molar-refractivity contribution < 1.29 is 22.7 Å². The molecule has 0 bridgehead atoms. The standard InChI is InChI=1S/C17H23NO5S/c1-4-5-6-17(19)18(13-9-10-24(20,21)12-13)15-8-7-14(22-2)11-16(15)23-3/h7-11,13H,4-6,12H2,1-3H3/t13-/m0/s1. The van der Waals surface area contributed by atoms with Gasteiger partial charge in [0.1, 0.15) is 11.5 Å². The summed E-state index contributed by atoms with van der Waals surface area (Å²) in [7, 11) is -0.220. The van der Waals surface area contributed by atoms with Crippen LogP contribution in [0.25, 0.3) is 0 Å². The molecule has 0 unspecified atom stereocenters. The van der Waals surface area contributed by atoms with Crippen LogP contribution in [0.2, 0.25) is 0 Å². The van der Waals surface area contributed by atoms with Crippen molar-refractivity contribution in [2.45, 2.75) is 32.2 Å². The maximum atomic E-state index is 12.7. The van der Waals surface area contributed by atoms with Gasteiger partial charge in [-0.25, -0.2) is 8.42 Å². The van der Waals surface area contributed by atoms with Crippen molar-refractivity contribution in [3.8, 4) is 11.5 Å². The minimum absolute atomic E-state index is 0.111. The molecular formula is C17H23NO5S. The topological polar surface area (TPSA) is 72.9 Å². The van der Waals surface area contributed by atoms with Crippen molar-refractivity contribution in [3.05, 3.63) is 29.7 Å². The third kappa shape index (κ3) is 4.08. The van der Waals surface area contributed by atoms with E-state index in [2.05, 4.69) is 0 Å². The zero-order valence-electron chi connectivity index (χ0n) is 14.2. The van der Waals surface area contributed by atoms with Crippen LogP contribution in [0.3, 0.4) is 0 Å². The molecule has 0 fully saturated rings. The Balaban J connectivity index is 2.42. The first-order valence-electron chi connectivity index (χ1n) is 7.87. The van der Waals surface area contributed by atoms with Gasteiger partial charge >= 0.3 is 0 Å². The van der Waals surface area contributed by atoms with Gasteiger partial charge in [-0.05, 0) is 24.6 Å². The van der Waals surface area contributed by atoms with Crippen LogP contribution in [0.5, 0.6) is 11.5 Å². The molecule has 24 heavy (non-hydrogen) atoms. The number of unbranched alkanes of at least 4 members (excludes halogenated alkanes) is 1. The molecule has 1 atom stereocenters. The molecule has 7 heteroatoms. The number of benzene rings is 1. The average Bonchev–Trinajstić information content (AvgIpc) is 2.92. The monoisotopic (exact) mass is 353 g/mol. The van der Waals surface area contributed by atoms with E-state index in [1.807, 2.05) is 6.92 Å². The van der Waals surface area contributed by atoms with Crippen molar-refractivity contribution in [1.82, 2.24) is 0 Å². The second kappa shape index (κ2) is 7.70. The molecule has 1 aromatic rings. The second-order valence-corrected chi connectivity index (χ2v) is 7.56. The summed E-state index contributed by atoms with van der Waals surface area (Å²) in [5, 5.41) is 1.17. The lowest BCUT2D eigenvalue weighted by atomic mass is 10.1. The van der Waals surface area contributed by atoms with Crippen LogP contribution < -0.4 is 14.4 Å². The number of rotatable bonds is 7. The van der Waals surface area contributed by atoms with Gasteiger partial charge in [0, 0.05) is 17.9 Å². The summed E-state index contributed by atoms with van der Waals surface area (Å²) in [6.07, 6.45) is 3.55. The molecule has 132 valence electrons. The Morgan fingerprint density at radius 3 is 2.58 bits per heavy atom. The molecule has 0 N–H and O–H groups in total. The molecule has 2 rings (SSSR count). The molecule has 1 aromatic carbocycles. The summed E-state index contributed by atoms with van der Waals surface area (Å²) >= 11 is 0. The summed E-state index contributed by atoms with van der Waals surface area (Å²) in [5.41, 5.74) is 0.547. The van der Waals surface area contributed by atoms with Gasteiger partial charge in [-0.3, -0.25) is 4.79 Å². The molecule has 0 spiro atoms. The molecule has 0 saturated carbocycles. The summed E-state index contributed by atoms with van der Waals surface area (Å²) < 4.78 is 34.2. The first-order chi connectivity index (χ1) is 11.4. The van der Waals surface area contributed by atoms with Gasteiger partial charge in [0.05, 0.1) is 31.7 Å². The van der Waals surface area contributed by atoms with Crippen LogP contribution in [0.1, 0.15) is 26.2 Å². The molecule has 1 aliphatic rings. The molecule has 1 heterocycles. The smallest absolute Gasteiger partial charge is 0.227 e. The normalized spacial score (nSPS) is 18.4. The second-order valence-electron chi connectivity index (χ2n) is 5.63. The Kier molecular flexibility index (Phi) is 5.88. The highest BCUT2D eigenvalue weighted by Gasteiger charge is 2.32. The highest BCUT2D eigenvalue weighted by atomic mass is 32.2. The minimum atomic E-state index is -3.27. The van der Waals surface area contributed by atoms with E-state index in [-0.39, 0.29) is 11.7 Å². The minimum Gasteiger partial charge on any atom is -0.497 e. The fourth-order valence-electron chi connectivity index (χ4n) is 2.65. The van der Waals surface area contributed by atoms with Crippen LogP contribution in [-0.2, 0) is 14.6 Å². The van der Waals surface area contributed by atoms with E-state index < -0.39 is 15.9 Å². The van der Waals surface area contributed by atoms with Crippen LogP contribution in [0.15, 0.2) is 29.7 Å². The number of sulfone groups is 1. The van der Waals surface area contributed by atoms with Gasteiger partial charge in [-0.1, -0.05) is 13.3 Å². The average molecular weight is 353 g/mol. The Hall–Kier alpha value is -2.02. The summed E-state index contributed by atoms with van der Waals surface area (Å²) in [5.74, 6) is 0.843. The van der Waals surface area contributed by atoms with Crippen molar-refractivity contribution in [1.29, 1.82) is 0 Å². The van der Waals surface area contributed by atoms with Crippen molar-refractivity contribution in [2.75, 3.05) is 24.9 Å². The van der Waals surface area contributed by atoms with Gasteiger partial charge in [-0.2, -0.15) is 0 Å². The highest BCUT2D eigenvalue weighted by molar-refractivity contribution is 7.94. The Bertz CT molecular complexity index is 726. The molecular weight excluding hydrogens is 330 g/mol. The van der Waals surface area contributed by atoms with Gasteiger partial charge in [0.25, 0.3) is 0 Å². The molecule has 0 saturated heterocycles. The van der Waals surface area contributed by atoms with Gasteiger partial charge in [-0.15, -0.1) is 0 Å². The maximum Gasteiger partial charge on any atom is 0.227 e. The van der Waals surface area contributed by atoms with Crippen LogP contribution in [0, 0.1) is 0 Å². The quantitative estimate of drug-likeness (QED) is 0.753. The number of carbonyl (C=O) groups excluding carboxylic acids is 1. The predicted octanol–water partition coefficient (Wildman–Crippen LogP) is 2.54. The Labute approximate surface area is 143 Å². The lowest BCUT2D eigenvalue weighted by molar-refractivity contribution is -0.119. The Morgan fingerprint density at radius 2 is 2.04 bits per heavy atom. The van der Waals surface area contributed by atoms with E-state index in [4.69, 9.17) is 9.47 Å². The molecule has 6 nitrogen and oxygen atoms in total. The summed E-state index contributed by atoms with van der Waals surface area (Å²) in [6, 6.07) is 4.61. The van der Waals surface area contributed by atoms with E-state index in [1.54, 1.807) is 31.4 Å². The van der Waals surface area contributed by atoms with Crippen LogP contribution in [-0.4, -0.2) is 40.3 Å². The largest absolute Gasteiger partial charge is 0.497 e. The van der Waals surface area contributed by atoms with Gasteiger partial charge in [0.15, 0.2) is 9.84 Å². The maximum absolute atomic E-state index is 12.7. The number of amides is 1. The van der Waals surface area contributed by atoms with Gasteiger partial charge < -0.3 is 14.4 Å². The van der Waals surface area contributed by atoms with Crippen LogP contribution in [0.4, 0.5) is 5.69 Å². The van der Waals surface area contributed by atoms with E-state index in [9.17, 15) is 13.2 Å². The van der Waals surface area contributed by atoms with Crippen molar-refractivity contribution in [3.63, 3.8) is 0 Å². The lowest BCUT2D eigenvalue weighted by Gasteiger charge is -2.29. The first kappa shape index (κ1) is 18.3. The summed E-state index contributed by atoms with van der Waals surface area (Å²) in [6.45, 7) is 2.01.